The van der Waals surface area contributed by atoms with Crippen LogP contribution >= 0.6 is 11.6 Å². The lowest BCUT2D eigenvalue weighted by molar-refractivity contribution is -0.384. The van der Waals surface area contributed by atoms with Gasteiger partial charge in [-0.15, -0.1) is 0 Å². The molecule has 2 fully saturated rings. The van der Waals surface area contributed by atoms with Gasteiger partial charge in [0.15, 0.2) is 0 Å². The Labute approximate surface area is 114 Å². The molecule has 102 valence electrons. The zero-order valence-electron chi connectivity index (χ0n) is 10.1. The van der Waals surface area contributed by atoms with Crippen LogP contribution in [0.5, 0.6) is 0 Å². The Bertz CT molecular complexity index is 528. The Hall–Kier alpha value is -1.40. The van der Waals surface area contributed by atoms with E-state index >= 15 is 0 Å². The third-order valence-electron chi connectivity index (χ3n) is 3.94. The molecular formula is C12H13ClFN3O2. The number of hydrogen-bond acceptors (Lipinski definition) is 4. The zero-order valence-corrected chi connectivity index (χ0v) is 10.9. The standard InChI is InChI=1S/C12H13ClFN3O2/c13-9-1-11(12(17(18)19)2-10(9)14)16-5-7-3-15-4-8(7)6-16/h1-2,7-8,15H,3-6H2. The lowest BCUT2D eigenvalue weighted by Gasteiger charge is -2.19. The van der Waals surface area contributed by atoms with Gasteiger partial charge in [-0.05, 0) is 17.9 Å². The number of benzene rings is 1. The lowest BCUT2D eigenvalue weighted by Crippen LogP contribution is -2.26. The molecule has 2 aliphatic heterocycles. The molecule has 2 saturated heterocycles. The highest BCUT2D eigenvalue weighted by molar-refractivity contribution is 6.31. The number of hydrogen-bond donors (Lipinski definition) is 1. The fourth-order valence-corrected chi connectivity index (χ4v) is 3.14. The average molecular weight is 286 g/mol. The Balaban J connectivity index is 1.96. The highest BCUT2D eigenvalue weighted by Gasteiger charge is 2.38. The predicted octanol–water partition coefficient (Wildman–Crippen LogP) is 2.04. The molecule has 1 N–H and O–H groups in total. The third-order valence-corrected chi connectivity index (χ3v) is 4.23. The Morgan fingerprint density at radius 2 is 2.00 bits per heavy atom. The van der Waals surface area contributed by atoms with Crippen molar-refractivity contribution in [3.63, 3.8) is 0 Å². The quantitative estimate of drug-likeness (QED) is 0.667. The Morgan fingerprint density at radius 1 is 1.37 bits per heavy atom. The molecule has 0 radical (unpaired) electrons. The molecule has 0 amide bonds. The highest BCUT2D eigenvalue weighted by atomic mass is 35.5. The van der Waals surface area contributed by atoms with Crippen molar-refractivity contribution in [3.05, 3.63) is 33.1 Å². The van der Waals surface area contributed by atoms with Gasteiger partial charge in [0.05, 0.1) is 16.0 Å². The second kappa shape index (κ2) is 4.61. The molecule has 1 aromatic carbocycles. The van der Waals surface area contributed by atoms with Crippen LogP contribution in [0.2, 0.25) is 5.02 Å². The van der Waals surface area contributed by atoms with Crippen LogP contribution in [0.15, 0.2) is 12.1 Å². The fourth-order valence-electron chi connectivity index (χ4n) is 2.98. The largest absolute Gasteiger partial charge is 0.365 e. The molecule has 0 aromatic heterocycles. The van der Waals surface area contributed by atoms with Gasteiger partial charge in [-0.3, -0.25) is 10.1 Å². The Morgan fingerprint density at radius 3 is 2.58 bits per heavy atom. The molecule has 19 heavy (non-hydrogen) atoms. The molecule has 0 bridgehead atoms. The number of anilines is 1. The summed E-state index contributed by atoms with van der Waals surface area (Å²) < 4.78 is 13.4. The van der Waals surface area contributed by atoms with Crippen molar-refractivity contribution in [3.8, 4) is 0 Å². The summed E-state index contributed by atoms with van der Waals surface area (Å²) in [4.78, 5) is 12.4. The molecule has 5 nitrogen and oxygen atoms in total. The van der Waals surface area contributed by atoms with E-state index in [0.29, 0.717) is 17.5 Å². The highest BCUT2D eigenvalue weighted by Crippen LogP contribution is 2.38. The van der Waals surface area contributed by atoms with E-state index in [-0.39, 0.29) is 10.7 Å². The van der Waals surface area contributed by atoms with E-state index in [0.717, 1.165) is 32.2 Å². The van der Waals surface area contributed by atoms with Crippen LogP contribution in [-0.4, -0.2) is 31.1 Å². The van der Waals surface area contributed by atoms with Gasteiger partial charge >= 0.3 is 0 Å². The average Bonchev–Trinajstić information content (AvgIpc) is 2.92. The minimum atomic E-state index is -0.752. The monoisotopic (exact) mass is 285 g/mol. The van der Waals surface area contributed by atoms with E-state index in [1.54, 1.807) is 0 Å². The minimum absolute atomic E-state index is 0.0733. The summed E-state index contributed by atoms with van der Waals surface area (Å²) in [6, 6.07) is 2.27. The summed E-state index contributed by atoms with van der Waals surface area (Å²) in [6.07, 6.45) is 0. The first-order valence-corrected chi connectivity index (χ1v) is 6.53. The van der Waals surface area contributed by atoms with Gasteiger partial charge < -0.3 is 10.2 Å². The topological polar surface area (TPSA) is 58.4 Å². The zero-order chi connectivity index (χ0) is 13.6. The van der Waals surface area contributed by atoms with Crippen LogP contribution in [0.4, 0.5) is 15.8 Å². The number of nitro benzene ring substituents is 1. The molecule has 2 atom stereocenters. The smallest absolute Gasteiger partial charge is 0.295 e. The Kier molecular flexibility index (Phi) is 3.06. The molecule has 0 spiro atoms. The van der Waals surface area contributed by atoms with Gasteiger partial charge in [0.25, 0.3) is 5.69 Å². The maximum absolute atomic E-state index is 13.4. The van der Waals surface area contributed by atoms with Crippen molar-refractivity contribution in [2.45, 2.75) is 0 Å². The van der Waals surface area contributed by atoms with E-state index in [9.17, 15) is 14.5 Å². The molecule has 0 aliphatic carbocycles. The van der Waals surface area contributed by atoms with Crippen molar-refractivity contribution in [1.29, 1.82) is 0 Å². The molecule has 2 heterocycles. The van der Waals surface area contributed by atoms with E-state index in [1.807, 2.05) is 4.90 Å². The van der Waals surface area contributed by atoms with Crippen LogP contribution in [0, 0.1) is 27.8 Å². The summed E-state index contributed by atoms with van der Waals surface area (Å²) in [5.74, 6) is 0.255. The van der Waals surface area contributed by atoms with Crippen molar-refractivity contribution >= 4 is 23.0 Å². The molecule has 0 saturated carbocycles. The first kappa shape index (κ1) is 12.6. The molecule has 3 rings (SSSR count). The van der Waals surface area contributed by atoms with Crippen molar-refractivity contribution in [2.75, 3.05) is 31.1 Å². The second-order valence-corrected chi connectivity index (χ2v) is 5.50. The van der Waals surface area contributed by atoms with Gasteiger partial charge in [-0.25, -0.2) is 4.39 Å². The molecular weight excluding hydrogens is 273 g/mol. The number of nitro groups is 1. The number of nitrogens with one attached hydrogen (secondary N) is 1. The molecule has 2 unspecified atom stereocenters. The van der Waals surface area contributed by atoms with E-state index in [1.165, 1.54) is 6.07 Å². The van der Waals surface area contributed by atoms with Crippen LogP contribution in [0.3, 0.4) is 0 Å². The minimum Gasteiger partial charge on any atom is -0.365 e. The van der Waals surface area contributed by atoms with Gasteiger partial charge in [-0.1, -0.05) is 11.6 Å². The lowest BCUT2D eigenvalue weighted by atomic mass is 10.0. The molecule has 1 aromatic rings. The van der Waals surface area contributed by atoms with Crippen molar-refractivity contribution in [1.82, 2.24) is 5.32 Å². The summed E-state index contributed by atoms with van der Waals surface area (Å²) in [6.45, 7) is 3.37. The third kappa shape index (κ3) is 2.15. The summed E-state index contributed by atoms with van der Waals surface area (Å²) >= 11 is 5.75. The molecule has 7 heteroatoms. The number of halogens is 2. The van der Waals surface area contributed by atoms with E-state index in [2.05, 4.69) is 5.32 Å². The summed E-state index contributed by atoms with van der Waals surface area (Å²) in [7, 11) is 0. The fraction of sp³-hybridized carbons (Fsp3) is 0.500. The van der Waals surface area contributed by atoms with Gasteiger partial charge in [0.2, 0.25) is 0 Å². The van der Waals surface area contributed by atoms with Crippen LogP contribution in [0.25, 0.3) is 0 Å². The SMILES string of the molecule is O=[N+]([O-])c1cc(F)c(Cl)cc1N1CC2CNCC2C1. The predicted molar refractivity (Wildman–Crippen MR) is 70.1 cm³/mol. The number of rotatable bonds is 2. The number of fused-ring (bicyclic) bond motifs is 1. The van der Waals surface area contributed by atoms with Crippen LogP contribution in [0.1, 0.15) is 0 Å². The van der Waals surface area contributed by atoms with Crippen LogP contribution in [-0.2, 0) is 0 Å². The maximum atomic E-state index is 13.4. The van der Waals surface area contributed by atoms with Crippen LogP contribution < -0.4 is 10.2 Å². The molecule has 2 aliphatic rings. The second-order valence-electron chi connectivity index (χ2n) is 5.10. The summed E-state index contributed by atoms with van der Waals surface area (Å²) in [5, 5.41) is 14.3. The van der Waals surface area contributed by atoms with E-state index in [4.69, 9.17) is 11.6 Å². The first-order chi connectivity index (χ1) is 9.06. The number of nitrogens with zero attached hydrogens (tertiary/aromatic N) is 2. The van der Waals surface area contributed by atoms with Gasteiger partial charge in [-0.2, -0.15) is 0 Å². The van der Waals surface area contributed by atoms with Gasteiger partial charge in [0, 0.05) is 26.2 Å². The van der Waals surface area contributed by atoms with Crippen molar-refractivity contribution < 1.29 is 9.31 Å². The van der Waals surface area contributed by atoms with E-state index < -0.39 is 10.7 Å². The van der Waals surface area contributed by atoms with Gasteiger partial charge in [0.1, 0.15) is 11.5 Å². The van der Waals surface area contributed by atoms with Crippen molar-refractivity contribution in [2.24, 2.45) is 11.8 Å². The first-order valence-electron chi connectivity index (χ1n) is 6.15. The normalized spacial score (nSPS) is 25.7. The summed E-state index contributed by atoms with van der Waals surface area (Å²) in [5.41, 5.74) is 0.209. The maximum Gasteiger partial charge on any atom is 0.295 e.